The average molecular weight is 418 g/mol. The Kier molecular flexibility index (Phi) is 8.52. The topological polar surface area (TPSA) is 104 Å². The van der Waals surface area contributed by atoms with Crippen LogP contribution in [0, 0.1) is 0 Å². The highest BCUT2D eigenvalue weighted by Gasteiger charge is 2.25. The second kappa shape index (κ2) is 11.1. The highest BCUT2D eigenvalue weighted by atomic mass is 16.6. The highest BCUT2D eigenvalue weighted by Crippen LogP contribution is 2.34. The van der Waals surface area contributed by atoms with Gasteiger partial charge in [0.25, 0.3) is 0 Å². The molecule has 2 aromatic carbocycles. The largest absolute Gasteiger partial charge is 0.504 e. The molecule has 162 valence electrons. The predicted octanol–water partition coefficient (Wildman–Crippen LogP) is 2.72. The van der Waals surface area contributed by atoms with Gasteiger partial charge in [0.1, 0.15) is 6.10 Å². The molecule has 0 aliphatic heterocycles. The summed E-state index contributed by atoms with van der Waals surface area (Å²) in [5, 5.41) is 20.6. The van der Waals surface area contributed by atoms with Crippen molar-refractivity contribution >= 4 is 12.0 Å². The van der Waals surface area contributed by atoms with Gasteiger partial charge in [0.05, 0.1) is 27.9 Å². The van der Waals surface area contributed by atoms with E-state index in [9.17, 15) is 15.0 Å². The lowest BCUT2D eigenvalue weighted by molar-refractivity contribution is -0.134. The van der Waals surface area contributed by atoms with Crippen LogP contribution in [0.1, 0.15) is 17.2 Å². The zero-order chi connectivity index (χ0) is 22.1. The molecule has 8 heteroatoms. The maximum atomic E-state index is 11.3. The minimum Gasteiger partial charge on any atom is -0.504 e. The summed E-state index contributed by atoms with van der Waals surface area (Å²) in [6.07, 6.45) is 1.05. The van der Waals surface area contributed by atoms with Crippen molar-refractivity contribution in [2.75, 3.05) is 35.0 Å². The van der Waals surface area contributed by atoms with E-state index in [4.69, 9.17) is 18.9 Å². The molecule has 8 nitrogen and oxygen atoms in total. The molecule has 0 aromatic heterocycles. The fraction of sp³-hybridized carbons (Fsp3) is 0.318. The summed E-state index contributed by atoms with van der Waals surface area (Å²) < 4.78 is 26.2. The van der Waals surface area contributed by atoms with E-state index in [1.165, 1.54) is 46.6 Å². The number of rotatable bonds is 10. The zero-order valence-electron chi connectivity index (χ0n) is 17.3. The summed E-state index contributed by atoms with van der Waals surface area (Å²) in [7, 11) is 5.71. The standard InChI is InChI=1S/C22H26O8/c1-26-13-20(22(25)15-7-8-16(23)18(12-15)27-2)30-17-9-5-14(11-19(17)28-3)6-10-21(24)29-4/h5-12,20,22-23,25H,13H2,1-4H3/b10-6+. The zero-order valence-corrected chi connectivity index (χ0v) is 17.3. The Morgan fingerprint density at radius 2 is 1.73 bits per heavy atom. The molecular weight excluding hydrogens is 392 g/mol. The van der Waals surface area contributed by atoms with Crippen molar-refractivity contribution in [1.29, 1.82) is 0 Å². The maximum Gasteiger partial charge on any atom is 0.330 e. The molecule has 2 aromatic rings. The van der Waals surface area contributed by atoms with Crippen LogP contribution in [0.5, 0.6) is 23.0 Å². The molecule has 0 spiro atoms. The third-order valence-corrected chi connectivity index (χ3v) is 4.31. The molecule has 0 aliphatic carbocycles. The van der Waals surface area contributed by atoms with E-state index in [0.29, 0.717) is 22.6 Å². The Morgan fingerprint density at radius 1 is 1.00 bits per heavy atom. The van der Waals surface area contributed by atoms with Gasteiger partial charge in [0, 0.05) is 13.2 Å². The van der Waals surface area contributed by atoms with Gasteiger partial charge < -0.3 is 33.9 Å². The van der Waals surface area contributed by atoms with Gasteiger partial charge in [-0.1, -0.05) is 12.1 Å². The van der Waals surface area contributed by atoms with Crippen LogP contribution >= 0.6 is 0 Å². The molecule has 0 fully saturated rings. The van der Waals surface area contributed by atoms with E-state index < -0.39 is 18.2 Å². The van der Waals surface area contributed by atoms with Crippen LogP contribution < -0.4 is 14.2 Å². The van der Waals surface area contributed by atoms with Gasteiger partial charge in [-0.2, -0.15) is 0 Å². The first-order valence-electron chi connectivity index (χ1n) is 9.08. The quantitative estimate of drug-likeness (QED) is 0.448. The Balaban J connectivity index is 2.27. The van der Waals surface area contributed by atoms with Crippen molar-refractivity contribution in [1.82, 2.24) is 0 Å². The third-order valence-electron chi connectivity index (χ3n) is 4.31. The molecule has 2 atom stereocenters. The summed E-state index contributed by atoms with van der Waals surface area (Å²) >= 11 is 0. The van der Waals surface area contributed by atoms with Crippen molar-refractivity contribution in [3.05, 3.63) is 53.6 Å². The molecular formula is C22H26O8. The van der Waals surface area contributed by atoms with Gasteiger partial charge in [0.2, 0.25) is 0 Å². The normalized spacial score (nSPS) is 13.0. The number of benzene rings is 2. The molecule has 0 radical (unpaired) electrons. The number of carbonyl (C=O) groups excluding carboxylic acids is 1. The summed E-state index contributed by atoms with van der Waals surface area (Å²) in [5.74, 6) is 0.539. The number of aliphatic hydroxyl groups excluding tert-OH is 1. The minimum absolute atomic E-state index is 0.0325. The average Bonchev–Trinajstić information content (AvgIpc) is 2.77. The molecule has 0 aliphatic rings. The van der Waals surface area contributed by atoms with Crippen molar-refractivity contribution in [3.8, 4) is 23.0 Å². The van der Waals surface area contributed by atoms with Gasteiger partial charge in [0.15, 0.2) is 29.1 Å². The van der Waals surface area contributed by atoms with E-state index in [1.807, 2.05) is 0 Å². The van der Waals surface area contributed by atoms with Crippen LogP contribution in [0.25, 0.3) is 6.08 Å². The first-order valence-corrected chi connectivity index (χ1v) is 9.08. The first kappa shape index (κ1) is 23.1. The van der Waals surface area contributed by atoms with E-state index >= 15 is 0 Å². The van der Waals surface area contributed by atoms with E-state index in [2.05, 4.69) is 4.74 Å². The van der Waals surface area contributed by atoms with Crippen LogP contribution in [0.15, 0.2) is 42.5 Å². The minimum atomic E-state index is -1.07. The number of carbonyl (C=O) groups is 1. The van der Waals surface area contributed by atoms with E-state index in [0.717, 1.165) is 0 Å². The molecule has 0 bridgehead atoms. The second-order valence-corrected chi connectivity index (χ2v) is 6.25. The Bertz CT molecular complexity index is 877. The van der Waals surface area contributed by atoms with Gasteiger partial charge in [-0.3, -0.25) is 0 Å². The summed E-state index contributed by atoms with van der Waals surface area (Å²) in [6.45, 7) is 0.0947. The number of hydrogen-bond donors (Lipinski definition) is 2. The number of aliphatic hydroxyl groups is 1. The molecule has 30 heavy (non-hydrogen) atoms. The van der Waals surface area contributed by atoms with Gasteiger partial charge in [-0.15, -0.1) is 0 Å². The van der Waals surface area contributed by atoms with Gasteiger partial charge in [-0.05, 0) is 41.5 Å². The summed E-state index contributed by atoms with van der Waals surface area (Å²) in [5.41, 5.74) is 1.19. The molecule has 2 unspecified atom stereocenters. The maximum absolute atomic E-state index is 11.3. The molecule has 0 saturated heterocycles. The Morgan fingerprint density at radius 3 is 2.37 bits per heavy atom. The smallest absolute Gasteiger partial charge is 0.330 e. The van der Waals surface area contributed by atoms with E-state index in [1.54, 1.807) is 30.3 Å². The molecule has 0 heterocycles. The lowest BCUT2D eigenvalue weighted by Gasteiger charge is -2.25. The number of ether oxygens (including phenoxy) is 5. The number of esters is 1. The van der Waals surface area contributed by atoms with Crippen molar-refractivity contribution in [2.45, 2.75) is 12.2 Å². The Hall–Kier alpha value is -3.23. The molecule has 0 amide bonds. The van der Waals surface area contributed by atoms with E-state index in [-0.39, 0.29) is 18.1 Å². The second-order valence-electron chi connectivity index (χ2n) is 6.25. The van der Waals surface area contributed by atoms with Crippen molar-refractivity contribution in [3.63, 3.8) is 0 Å². The summed E-state index contributed by atoms with van der Waals surface area (Å²) in [4.78, 5) is 11.3. The van der Waals surface area contributed by atoms with Gasteiger partial charge in [-0.25, -0.2) is 4.79 Å². The lowest BCUT2D eigenvalue weighted by Crippen LogP contribution is -2.30. The lowest BCUT2D eigenvalue weighted by atomic mass is 10.0. The highest BCUT2D eigenvalue weighted by molar-refractivity contribution is 5.87. The van der Waals surface area contributed by atoms with Crippen molar-refractivity contribution < 1.29 is 38.7 Å². The molecule has 0 saturated carbocycles. The Labute approximate surface area is 175 Å². The number of phenolic OH excluding ortho intramolecular Hbond substituents is 1. The van der Waals surface area contributed by atoms with Crippen LogP contribution in [0.4, 0.5) is 0 Å². The fourth-order valence-corrected chi connectivity index (χ4v) is 2.73. The SMILES string of the molecule is COCC(Oc1ccc(/C=C/C(=O)OC)cc1OC)C(O)c1ccc(O)c(OC)c1. The number of hydrogen-bond acceptors (Lipinski definition) is 8. The van der Waals surface area contributed by atoms with Gasteiger partial charge >= 0.3 is 5.97 Å². The van der Waals surface area contributed by atoms with Crippen LogP contribution in [0.3, 0.4) is 0 Å². The first-order chi connectivity index (χ1) is 14.4. The van der Waals surface area contributed by atoms with Crippen LogP contribution in [-0.2, 0) is 14.3 Å². The fourth-order valence-electron chi connectivity index (χ4n) is 2.73. The number of aromatic hydroxyl groups is 1. The number of phenols is 1. The number of methoxy groups -OCH3 is 4. The third kappa shape index (κ3) is 5.88. The molecule has 2 rings (SSSR count). The van der Waals surface area contributed by atoms with Crippen LogP contribution in [-0.4, -0.2) is 57.3 Å². The monoisotopic (exact) mass is 418 g/mol. The summed E-state index contributed by atoms with van der Waals surface area (Å²) in [6, 6.07) is 9.63. The van der Waals surface area contributed by atoms with Crippen LogP contribution in [0.2, 0.25) is 0 Å². The predicted molar refractivity (Wildman–Crippen MR) is 110 cm³/mol. The van der Waals surface area contributed by atoms with Crippen molar-refractivity contribution in [2.24, 2.45) is 0 Å². The molecule has 2 N–H and O–H groups in total.